The smallest absolute Gasteiger partial charge is 0.242 e. The lowest BCUT2D eigenvalue weighted by Crippen LogP contribution is -2.33. The number of aldehydes is 2. The van der Waals surface area contributed by atoms with Gasteiger partial charge in [-0.15, -0.1) is 0 Å². The van der Waals surface area contributed by atoms with E-state index in [0.717, 1.165) is 46.3 Å². The highest BCUT2D eigenvalue weighted by Gasteiger charge is 2.34. The molecule has 2 aliphatic heterocycles. The maximum absolute atomic E-state index is 11.7. The number of carbonyl (C=O) groups is 4. The third kappa shape index (κ3) is 32.0. The fraction of sp³-hybridized carbons (Fsp3) is 0.393. The molecule has 4 aromatic carbocycles. The zero-order chi connectivity index (χ0) is 49.3. The Bertz CT molecular complexity index is 1980. The molecule has 0 bridgehead atoms. The van der Waals surface area contributed by atoms with E-state index in [1.165, 1.54) is 0 Å². The molecule has 0 radical (unpaired) electrons. The van der Waals surface area contributed by atoms with Crippen LogP contribution in [0.2, 0.25) is 19.6 Å². The van der Waals surface area contributed by atoms with E-state index in [9.17, 15) is 19.2 Å². The third-order valence-corrected chi connectivity index (χ3v) is 10.9. The van der Waals surface area contributed by atoms with Gasteiger partial charge >= 0.3 is 0 Å². The fourth-order valence-corrected chi connectivity index (χ4v) is 7.66. The minimum absolute atomic E-state index is 0. The zero-order valence-corrected chi connectivity index (χ0v) is 43.2. The molecule has 6 rings (SSSR count). The number of hydrogen-bond donors (Lipinski definition) is 0. The van der Waals surface area contributed by atoms with E-state index in [1.54, 1.807) is 24.3 Å². The topological polar surface area (TPSA) is 105 Å². The molecule has 2 aliphatic rings. The highest BCUT2D eigenvalue weighted by Crippen LogP contribution is 2.34. The number of Topliss-reactive ketones (excluding diaryl/α,β-unsaturated/α-hetero) is 2. The molecule has 71 heavy (non-hydrogen) atoms. The van der Waals surface area contributed by atoms with E-state index in [-0.39, 0.29) is 82.8 Å². The van der Waals surface area contributed by atoms with Crippen LogP contribution in [0.4, 0.5) is 0 Å². The second kappa shape index (κ2) is 43.2. The molecule has 0 amide bonds. The van der Waals surface area contributed by atoms with Crippen LogP contribution in [-0.4, -0.2) is 60.2 Å². The van der Waals surface area contributed by atoms with Crippen molar-refractivity contribution in [2.45, 2.75) is 149 Å². The van der Waals surface area contributed by atoms with Gasteiger partial charge in [-0.3, -0.25) is 19.2 Å². The molecule has 2 saturated heterocycles. The van der Waals surface area contributed by atoms with Crippen LogP contribution in [0.1, 0.15) is 149 Å². The summed E-state index contributed by atoms with van der Waals surface area (Å²) in [6.45, 7) is 22.3. The molecule has 0 aliphatic carbocycles. The van der Waals surface area contributed by atoms with Gasteiger partial charge in [-0.25, -0.2) is 0 Å². The summed E-state index contributed by atoms with van der Waals surface area (Å²) in [4.78, 5) is 43.4. The normalized spacial score (nSPS) is 19.0. The second-order valence-electron chi connectivity index (χ2n) is 16.4. The quantitative estimate of drug-likeness (QED) is 0.0669. The summed E-state index contributed by atoms with van der Waals surface area (Å²) in [6, 6.07) is 38.2. The Labute approximate surface area is 436 Å². The van der Waals surface area contributed by atoms with Crippen molar-refractivity contribution in [1.29, 1.82) is 0 Å². The molecule has 394 valence electrons. The molecule has 2 heterocycles. The van der Waals surface area contributed by atoms with E-state index in [4.69, 9.17) is 18.3 Å². The monoisotopic (exact) mass is 1010 g/mol. The minimum Gasteiger partial charge on any atom is -0.545 e. The Morgan fingerprint density at radius 1 is 0.549 bits per heavy atom. The molecular weight excluding hydrogens is 917 g/mol. The zero-order valence-electron chi connectivity index (χ0n) is 41.1. The van der Waals surface area contributed by atoms with Crippen molar-refractivity contribution >= 4 is 48.0 Å². The molecule has 6 atom stereocenters. The number of ketones is 2. The fourth-order valence-electron chi connectivity index (χ4n) is 6.36. The predicted octanol–water partition coefficient (Wildman–Crippen LogP) is 16.2. The molecule has 0 spiro atoms. The first-order valence-electron chi connectivity index (χ1n) is 22.6. The summed E-state index contributed by atoms with van der Waals surface area (Å²) in [5.74, 6) is 2.48. The van der Waals surface area contributed by atoms with Gasteiger partial charge in [0, 0.05) is 35.8 Å². The summed E-state index contributed by atoms with van der Waals surface area (Å²) in [5, 5.41) is 0. The number of rotatable bonds is 10. The minimum atomic E-state index is -1.40. The van der Waals surface area contributed by atoms with Crippen molar-refractivity contribution in [3.63, 3.8) is 0 Å². The second-order valence-corrected chi connectivity index (χ2v) is 21.4. The molecule has 0 aromatic heterocycles. The van der Waals surface area contributed by atoms with Crippen LogP contribution >= 0.6 is 0 Å². The van der Waals surface area contributed by atoms with Gasteiger partial charge in [-0.1, -0.05) is 191 Å². The van der Waals surface area contributed by atoms with Crippen molar-refractivity contribution in [2.24, 2.45) is 11.8 Å². The lowest BCUT2D eigenvalue weighted by Gasteiger charge is -2.32. The van der Waals surface area contributed by atoms with Crippen LogP contribution in [0, 0.1) is 11.8 Å². The number of benzene rings is 4. The highest BCUT2D eigenvalue weighted by molar-refractivity contribution is 6.70. The van der Waals surface area contributed by atoms with Crippen LogP contribution in [0.25, 0.3) is 0 Å². The van der Waals surface area contributed by atoms with Gasteiger partial charge in [0.1, 0.15) is 29.9 Å². The van der Waals surface area contributed by atoms with E-state index in [0.29, 0.717) is 24.4 Å². The van der Waals surface area contributed by atoms with Gasteiger partial charge in [0.05, 0.1) is 30.2 Å². The first-order chi connectivity index (χ1) is 31.6. The third-order valence-electron chi connectivity index (χ3n) is 9.66. The Morgan fingerprint density at radius 3 is 1.11 bits per heavy atom. The van der Waals surface area contributed by atoms with Crippen molar-refractivity contribution < 1.29 is 37.5 Å². The van der Waals surface area contributed by atoms with Gasteiger partial charge in [-0.2, -0.15) is 0 Å². The van der Waals surface area contributed by atoms with Crippen molar-refractivity contribution in [2.75, 3.05) is 0 Å². The largest absolute Gasteiger partial charge is 0.545 e. The van der Waals surface area contributed by atoms with Crippen molar-refractivity contribution in [3.05, 3.63) is 192 Å². The standard InChI is InChI=1S/2C13H16O2.C9H18OSi.C7H12OSi.2C7H6O.5CH4/c2*1-9-8-12(14)10(2)13(15-9)11-6-4-3-5-7-11;1-6-8-9(7-2)10-11(3,4)5;1-4-6-7(5-2)8-9-3;2*8-6-7-4-2-1-3-5-7;;;;;/h2*3-7,9-10,13H,8H2,1-2H3;6-8H,1-5H3;4-6,9H,3H2,1-2H3;2*1-6H;5*1H4/b;;8-6+,9-7-;6-4+,7-5-;;;;;;;. The lowest BCUT2D eigenvalue weighted by atomic mass is 9.88. The molecular formula is C61H94O8Si2. The number of carbonyl (C=O) groups excluding carboxylic acids is 4. The van der Waals surface area contributed by atoms with Gasteiger partial charge in [0.15, 0.2) is 0 Å². The van der Waals surface area contributed by atoms with Crippen LogP contribution in [0.15, 0.2) is 169 Å². The lowest BCUT2D eigenvalue weighted by molar-refractivity contribution is -0.144. The predicted molar refractivity (Wildman–Crippen MR) is 311 cm³/mol. The highest BCUT2D eigenvalue weighted by atomic mass is 28.4. The summed E-state index contributed by atoms with van der Waals surface area (Å²) >= 11 is 0. The molecule has 2 fully saturated rings. The van der Waals surface area contributed by atoms with Gasteiger partial charge in [0.2, 0.25) is 17.7 Å². The van der Waals surface area contributed by atoms with Crippen LogP contribution in [-0.2, 0) is 27.9 Å². The van der Waals surface area contributed by atoms with Crippen molar-refractivity contribution in [3.8, 4) is 0 Å². The first kappa shape index (κ1) is 74.3. The van der Waals surface area contributed by atoms with Crippen LogP contribution in [0.3, 0.4) is 0 Å². The number of ether oxygens (including phenoxy) is 2. The van der Waals surface area contributed by atoms with Crippen LogP contribution < -0.4 is 0 Å². The molecule has 0 saturated carbocycles. The van der Waals surface area contributed by atoms with E-state index in [2.05, 4.69) is 25.8 Å². The van der Waals surface area contributed by atoms with Crippen molar-refractivity contribution in [1.82, 2.24) is 0 Å². The first-order valence-corrected chi connectivity index (χ1v) is 27.3. The molecule has 4 aromatic rings. The van der Waals surface area contributed by atoms with Gasteiger partial charge < -0.3 is 18.3 Å². The summed E-state index contributed by atoms with van der Waals surface area (Å²) in [5.41, 5.74) is 3.66. The molecule has 6 unspecified atom stereocenters. The maximum atomic E-state index is 11.7. The summed E-state index contributed by atoms with van der Waals surface area (Å²) < 4.78 is 22.6. The number of allylic oxidation sites excluding steroid dienone is 6. The Balaban J connectivity index is -0.000000247. The Kier molecular flexibility index (Phi) is 45.2. The Hall–Kier alpha value is -5.66. The molecule has 10 heteroatoms. The maximum Gasteiger partial charge on any atom is 0.242 e. The average molecular weight is 1010 g/mol. The van der Waals surface area contributed by atoms with Crippen LogP contribution in [0.5, 0.6) is 0 Å². The average Bonchev–Trinajstić information content (AvgIpc) is 3.32. The van der Waals surface area contributed by atoms with Gasteiger partial charge in [0.25, 0.3) is 0 Å². The van der Waals surface area contributed by atoms with E-state index < -0.39 is 8.32 Å². The Morgan fingerprint density at radius 2 is 0.859 bits per heavy atom. The summed E-state index contributed by atoms with van der Waals surface area (Å²) in [7, 11) is -1.52. The SMILES string of the molecule is C.C.C.C.C.C/C=C(/C=C/C)O[Si](C)(C)C.C=[SiH]OC(=C\C)/C=C/C.CC1CC(=O)C(C)C(c2ccccc2)O1.CC1CC(=O)C(C)C(c2ccccc2)O1.O=Cc1ccccc1.O=Cc1ccccc1. The van der Waals surface area contributed by atoms with E-state index in [1.807, 2.05) is 189 Å². The summed E-state index contributed by atoms with van der Waals surface area (Å²) in [6.07, 6.45) is 18.1. The molecule has 8 nitrogen and oxygen atoms in total. The molecule has 0 N–H and O–H groups in total. The number of hydrogen-bond acceptors (Lipinski definition) is 8. The van der Waals surface area contributed by atoms with Gasteiger partial charge in [-0.05, 0) is 96.6 Å². The van der Waals surface area contributed by atoms with E-state index >= 15 is 0 Å².